The summed E-state index contributed by atoms with van der Waals surface area (Å²) in [5.41, 5.74) is 0.454. The number of carbonyl (C=O) groups is 1. The molecule has 6 rings (SSSR count). The molecule has 6 heteroatoms. The van der Waals surface area contributed by atoms with Crippen LogP contribution in [0.5, 0.6) is 11.5 Å². The number of aromatic hydroxyl groups is 1. The van der Waals surface area contributed by atoms with Crippen molar-refractivity contribution in [2.45, 2.75) is 61.7 Å². The molecule has 1 aromatic rings. The van der Waals surface area contributed by atoms with Gasteiger partial charge in [-0.15, -0.1) is 0 Å². The van der Waals surface area contributed by atoms with Gasteiger partial charge >= 0.3 is 0 Å². The molecule has 2 aliphatic heterocycles. The van der Waals surface area contributed by atoms with Crippen molar-refractivity contribution >= 4 is 5.78 Å². The van der Waals surface area contributed by atoms with Gasteiger partial charge in [0.25, 0.3) is 0 Å². The van der Waals surface area contributed by atoms with Gasteiger partial charge in [0.1, 0.15) is 0 Å². The minimum atomic E-state index is -0.940. The second-order valence-electron chi connectivity index (χ2n) is 8.72. The second-order valence-corrected chi connectivity index (χ2v) is 8.72. The van der Waals surface area contributed by atoms with Crippen LogP contribution in [0.25, 0.3) is 0 Å². The molecule has 0 radical (unpaired) electrons. The maximum atomic E-state index is 12.7. The van der Waals surface area contributed by atoms with Gasteiger partial charge in [-0.05, 0) is 56.2 Å². The highest BCUT2D eigenvalue weighted by Crippen LogP contribution is 2.64. The second kappa shape index (κ2) is 5.15. The lowest BCUT2D eigenvalue weighted by atomic mass is 9.49. The van der Waals surface area contributed by atoms with Crippen molar-refractivity contribution in [1.29, 1.82) is 0 Å². The standard InChI is InChI=1S/C20H23NO4.ClH/c22-13-4-3-12-9-15-20(24)6-5-14(23)18-19(20,16(12)17(13)25-18)7-8-21(15)10-11-1-2-11;/h3-4,11,15,18,22,24H,1-2,5-10H2;1H/p-1/t15?,18?,19-,20+;/m0./s1. The van der Waals surface area contributed by atoms with Gasteiger partial charge in [-0.3, -0.25) is 9.69 Å². The van der Waals surface area contributed by atoms with Crippen LogP contribution in [0.2, 0.25) is 0 Å². The fourth-order valence-corrected chi connectivity index (χ4v) is 6.26. The largest absolute Gasteiger partial charge is 1.00 e. The number of aliphatic hydroxyl groups is 1. The topological polar surface area (TPSA) is 70.0 Å². The summed E-state index contributed by atoms with van der Waals surface area (Å²) in [5, 5.41) is 22.3. The van der Waals surface area contributed by atoms with Gasteiger partial charge in [-0.25, -0.2) is 0 Å². The Morgan fingerprint density at radius 1 is 1.27 bits per heavy atom. The fraction of sp³-hybridized carbons (Fsp3) is 0.650. The molecule has 5 nitrogen and oxygen atoms in total. The minimum Gasteiger partial charge on any atom is -1.00 e. The van der Waals surface area contributed by atoms with Gasteiger partial charge in [0.05, 0.1) is 11.0 Å². The number of phenolic OH excluding ortho intramolecular Hbond substituents is 1. The molecule has 26 heavy (non-hydrogen) atoms. The Balaban J connectivity index is 0.00000150. The molecule has 2 bridgehead atoms. The van der Waals surface area contributed by atoms with Crippen LogP contribution >= 0.6 is 0 Å². The summed E-state index contributed by atoms with van der Waals surface area (Å²) in [4.78, 5) is 15.2. The zero-order valence-electron chi connectivity index (χ0n) is 14.6. The number of piperidine rings is 1. The first-order valence-corrected chi connectivity index (χ1v) is 9.56. The fourth-order valence-electron chi connectivity index (χ4n) is 6.26. The molecule has 1 spiro atoms. The van der Waals surface area contributed by atoms with Crippen molar-refractivity contribution in [2.75, 3.05) is 13.1 Å². The Bertz CT molecular complexity index is 809. The van der Waals surface area contributed by atoms with Crippen LogP contribution in [0.4, 0.5) is 0 Å². The van der Waals surface area contributed by atoms with Crippen molar-refractivity contribution in [3.05, 3.63) is 23.3 Å². The molecule has 3 aliphatic carbocycles. The van der Waals surface area contributed by atoms with E-state index < -0.39 is 17.1 Å². The van der Waals surface area contributed by atoms with E-state index in [9.17, 15) is 15.0 Å². The van der Waals surface area contributed by atoms with Gasteiger partial charge in [-0.2, -0.15) is 0 Å². The number of benzene rings is 1. The third-order valence-electron chi connectivity index (χ3n) is 7.56. The zero-order chi connectivity index (χ0) is 17.0. The third kappa shape index (κ3) is 1.77. The Hall–Kier alpha value is -1.30. The van der Waals surface area contributed by atoms with Crippen LogP contribution in [-0.2, 0) is 16.6 Å². The van der Waals surface area contributed by atoms with Gasteiger partial charge < -0.3 is 27.4 Å². The average Bonchev–Trinajstić information content (AvgIpc) is 3.32. The van der Waals surface area contributed by atoms with Crippen molar-refractivity contribution in [2.24, 2.45) is 5.92 Å². The number of ketones is 1. The SMILES string of the molecule is O=C1CC[C@@]2(O)C3Cc4ccc(O)c5c4[C@@]2(CCN3CC2CC2)C1O5.[Cl-]. The van der Waals surface area contributed by atoms with E-state index in [1.807, 2.05) is 6.07 Å². The van der Waals surface area contributed by atoms with Crippen LogP contribution in [0.3, 0.4) is 0 Å². The highest BCUT2D eigenvalue weighted by Gasteiger charge is 2.73. The molecular weight excluding hydrogens is 354 g/mol. The summed E-state index contributed by atoms with van der Waals surface area (Å²) in [6.07, 6.45) is 4.33. The first-order chi connectivity index (χ1) is 12.0. The van der Waals surface area contributed by atoms with Crippen LogP contribution in [0, 0.1) is 5.92 Å². The quantitative estimate of drug-likeness (QED) is 0.659. The van der Waals surface area contributed by atoms with Gasteiger partial charge in [0.15, 0.2) is 23.4 Å². The van der Waals surface area contributed by atoms with Crippen molar-refractivity contribution < 1.29 is 32.2 Å². The summed E-state index contributed by atoms with van der Waals surface area (Å²) < 4.78 is 6.04. The molecule has 2 saturated carbocycles. The maximum absolute atomic E-state index is 12.7. The number of likely N-dealkylation sites (tertiary alicyclic amines) is 1. The normalized spacial score (nSPS) is 39.8. The Morgan fingerprint density at radius 2 is 2.08 bits per heavy atom. The van der Waals surface area contributed by atoms with Gasteiger partial charge in [0, 0.05) is 24.6 Å². The highest BCUT2D eigenvalue weighted by atomic mass is 35.5. The molecule has 140 valence electrons. The number of ether oxygens (including phenoxy) is 1. The third-order valence-corrected chi connectivity index (χ3v) is 7.56. The van der Waals surface area contributed by atoms with Crippen molar-refractivity contribution in [3.8, 4) is 11.5 Å². The van der Waals surface area contributed by atoms with Crippen molar-refractivity contribution in [1.82, 2.24) is 4.90 Å². The number of halogens is 1. The predicted molar refractivity (Wildman–Crippen MR) is 89.8 cm³/mol. The lowest BCUT2D eigenvalue weighted by molar-refractivity contribution is -0.188. The summed E-state index contributed by atoms with van der Waals surface area (Å²) >= 11 is 0. The van der Waals surface area contributed by atoms with E-state index in [4.69, 9.17) is 4.74 Å². The summed E-state index contributed by atoms with van der Waals surface area (Å²) in [5.74, 6) is 1.39. The smallest absolute Gasteiger partial charge is 0.174 e. The molecule has 1 aromatic carbocycles. The molecule has 3 fully saturated rings. The molecule has 2 unspecified atom stereocenters. The molecule has 5 aliphatic rings. The lowest BCUT2D eigenvalue weighted by Gasteiger charge is -2.62. The predicted octanol–water partition coefficient (Wildman–Crippen LogP) is -1.47. The van der Waals surface area contributed by atoms with E-state index in [0.717, 1.165) is 43.0 Å². The highest BCUT2D eigenvalue weighted by molar-refractivity contribution is 5.90. The first-order valence-electron chi connectivity index (χ1n) is 9.56. The van der Waals surface area contributed by atoms with E-state index in [0.29, 0.717) is 18.6 Å². The van der Waals surface area contributed by atoms with E-state index in [1.165, 1.54) is 12.8 Å². The van der Waals surface area contributed by atoms with Crippen LogP contribution in [0.1, 0.15) is 43.2 Å². The number of phenols is 1. The first kappa shape index (κ1) is 16.8. The van der Waals surface area contributed by atoms with Crippen LogP contribution in [-0.4, -0.2) is 51.7 Å². The molecule has 0 aromatic heterocycles. The number of carbonyl (C=O) groups excluding carboxylic acids is 1. The molecule has 1 saturated heterocycles. The molecule has 2 heterocycles. The number of rotatable bonds is 2. The maximum Gasteiger partial charge on any atom is 0.174 e. The number of hydrogen-bond acceptors (Lipinski definition) is 5. The van der Waals surface area contributed by atoms with E-state index in [-0.39, 0.29) is 30.0 Å². The Kier molecular flexibility index (Phi) is 3.34. The van der Waals surface area contributed by atoms with Crippen LogP contribution < -0.4 is 17.1 Å². The molecule has 4 atom stereocenters. The number of hydrogen-bond donors (Lipinski definition) is 2. The lowest BCUT2D eigenvalue weighted by Crippen LogP contribution is -3.00. The van der Waals surface area contributed by atoms with Crippen LogP contribution in [0.15, 0.2) is 12.1 Å². The minimum absolute atomic E-state index is 0. The van der Waals surface area contributed by atoms with Gasteiger partial charge in [0.2, 0.25) is 0 Å². The summed E-state index contributed by atoms with van der Waals surface area (Å²) in [7, 11) is 0. The Labute approximate surface area is 158 Å². The summed E-state index contributed by atoms with van der Waals surface area (Å²) in [6, 6.07) is 3.69. The van der Waals surface area contributed by atoms with E-state index in [2.05, 4.69) is 4.90 Å². The molecule has 0 amide bonds. The number of nitrogens with zero attached hydrogens (tertiary/aromatic N) is 1. The van der Waals surface area contributed by atoms with E-state index in [1.54, 1.807) is 6.07 Å². The monoisotopic (exact) mass is 376 g/mol. The van der Waals surface area contributed by atoms with E-state index >= 15 is 0 Å². The van der Waals surface area contributed by atoms with Crippen molar-refractivity contribution in [3.63, 3.8) is 0 Å². The number of Topliss-reactive ketones (excluding diaryl/α,β-unsaturated/α-hetero) is 1. The zero-order valence-corrected chi connectivity index (χ0v) is 15.3. The Morgan fingerprint density at radius 3 is 2.85 bits per heavy atom. The molecule has 2 N–H and O–H groups in total. The average molecular weight is 377 g/mol. The van der Waals surface area contributed by atoms with Gasteiger partial charge in [-0.1, -0.05) is 6.07 Å². The summed E-state index contributed by atoms with van der Waals surface area (Å²) in [6.45, 7) is 1.95. The molecular formula is C20H23ClNO4-.